The Morgan fingerprint density at radius 3 is 2.50 bits per heavy atom. The Morgan fingerprint density at radius 1 is 1.18 bits per heavy atom. The second kappa shape index (κ2) is 7.02. The minimum atomic E-state index is -0.258. The van der Waals surface area contributed by atoms with Crippen LogP contribution in [0.2, 0.25) is 0 Å². The summed E-state index contributed by atoms with van der Waals surface area (Å²) >= 11 is 0. The van der Waals surface area contributed by atoms with Gasteiger partial charge >= 0.3 is 0 Å². The normalized spacial score (nSPS) is 10.7. The topological polar surface area (TPSA) is 64.0 Å². The first kappa shape index (κ1) is 15.9. The third kappa shape index (κ3) is 4.28. The number of hydrogen-bond acceptors (Lipinski definition) is 3. The van der Waals surface area contributed by atoms with Crippen molar-refractivity contribution in [2.75, 3.05) is 6.54 Å². The highest BCUT2D eigenvalue weighted by Gasteiger charge is 2.10. The minimum Gasteiger partial charge on any atom is -0.350 e. The maximum atomic E-state index is 12.0. The fourth-order valence-electron chi connectivity index (χ4n) is 1.94. The molecule has 5 heteroatoms. The van der Waals surface area contributed by atoms with E-state index in [0.29, 0.717) is 19.0 Å². The average Bonchev–Trinajstić information content (AvgIpc) is 2.49. The Labute approximate surface area is 130 Å². The van der Waals surface area contributed by atoms with Crippen molar-refractivity contribution in [1.29, 1.82) is 0 Å². The van der Waals surface area contributed by atoms with Gasteiger partial charge in [0.05, 0.1) is 6.54 Å². The number of aryl methyl sites for hydroxylation is 1. The fourth-order valence-corrected chi connectivity index (χ4v) is 1.94. The van der Waals surface area contributed by atoms with Gasteiger partial charge in [0.1, 0.15) is 5.69 Å². The van der Waals surface area contributed by atoms with Crippen molar-refractivity contribution in [1.82, 2.24) is 15.1 Å². The first-order valence-corrected chi connectivity index (χ1v) is 7.37. The summed E-state index contributed by atoms with van der Waals surface area (Å²) in [5, 5.41) is 6.96. The van der Waals surface area contributed by atoms with Crippen molar-refractivity contribution >= 4 is 5.91 Å². The number of hydrogen-bond donors (Lipinski definition) is 1. The third-order valence-corrected chi connectivity index (χ3v) is 3.22. The summed E-state index contributed by atoms with van der Waals surface area (Å²) in [6.45, 7) is 6.98. The van der Waals surface area contributed by atoms with Crippen molar-refractivity contribution in [3.05, 3.63) is 63.6 Å². The lowest BCUT2D eigenvalue weighted by atomic mass is 10.1. The van der Waals surface area contributed by atoms with Crippen LogP contribution >= 0.6 is 0 Å². The van der Waals surface area contributed by atoms with Crippen LogP contribution in [0.25, 0.3) is 0 Å². The summed E-state index contributed by atoms with van der Waals surface area (Å²) in [6, 6.07) is 10.7. The van der Waals surface area contributed by atoms with Crippen LogP contribution < -0.4 is 10.9 Å². The van der Waals surface area contributed by atoms with Gasteiger partial charge in [-0.1, -0.05) is 43.7 Å². The van der Waals surface area contributed by atoms with E-state index < -0.39 is 0 Å². The maximum Gasteiger partial charge on any atom is 0.271 e. The van der Waals surface area contributed by atoms with E-state index >= 15 is 0 Å². The van der Waals surface area contributed by atoms with Crippen LogP contribution in [0.4, 0.5) is 0 Å². The van der Waals surface area contributed by atoms with Gasteiger partial charge in [-0.15, -0.1) is 0 Å². The molecule has 2 aromatic rings. The first-order valence-electron chi connectivity index (χ1n) is 7.37. The SMILES string of the molecule is Cc1ccc(Cn2nc(C(=O)NCC(C)C)ccc2=O)cc1. The molecule has 0 aliphatic carbocycles. The molecule has 0 unspecified atom stereocenters. The number of rotatable bonds is 5. The molecule has 0 aliphatic rings. The van der Waals surface area contributed by atoms with Gasteiger partial charge in [0.2, 0.25) is 0 Å². The minimum absolute atomic E-state index is 0.221. The molecule has 0 spiro atoms. The zero-order valence-electron chi connectivity index (χ0n) is 13.2. The van der Waals surface area contributed by atoms with E-state index in [1.165, 1.54) is 16.8 Å². The molecule has 2 rings (SSSR count). The van der Waals surface area contributed by atoms with Crippen molar-refractivity contribution < 1.29 is 4.79 Å². The molecule has 22 heavy (non-hydrogen) atoms. The van der Waals surface area contributed by atoms with Crippen LogP contribution in [-0.4, -0.2) is 22.2 Å². The van der Waals surface area contributed by atoms with E-state index in [1.807, 2.05) is 45.0 Å². The van der Waals surface area contributed by atoms with Crippen molar-refractivity contribution in [3.8, 4) is 0 Å². The van der Waals surface area contributed by atoms with Gasteiger partial charge in [0.15, 0.2) is 0 Å². The predicted octanol–water partition coefficient (Wildman–Crippen LogP) is 1.99. The van der Waals surface area contributed by atoms with E-state index in [0.717, 1.165) is 11.1 Å². The van der Waals surface area contributed by atoms with Gasteiger partial charge in [0.25, 0.3) is 11.5 Å². The van der Waals surface area contributed by atoms with Crippen LogP contribution in [0.15, 0.2) is 41.2 Å². The Morgan fingerprint density at radius 2 is 1.86 bits per heavy atom. The van der Waals surface area contributed by atoms with Crippen LogP contribution in [0.1, 0.15) is 35.5 Å². The van der Waals surface area contributed by atoms with E-state index in [1.54, 1.807) is 0 Å². The highest BCUT2D eigenvalue weighted by Crippen LogP contribution is 2.04. The molecule has 5 nitrogen and oxygen atoms in total. The zero-order valence-corrected chi connectivity index (χ0v) is 13.2. The van der Waals surface area contributed by atoms with E-state index in [2.05, 4.69) is 10.4 Å². The summed E-state index contributed by atoms with van der Waals surface area (Å²) in [4.78, 5) is 23.9. The number of benzene rings is 1. The molecule has 0 fully saturated rings. The number of carbonyl (C=O) groups is 1. The largest absolute Gasteiger partial charge is 0.350 e. The summed E-state index contributed by atoms with van der Waals surface area (Å²) in [7, 11) is 0. The van der Waals surface area contributed by atoms with Gasteiger partial charge in [-0.25, -0.2) is 4.68 Å². The molecule has 1 aromatic carbocycles. The summed E-state index contributed by atoms with van der Waals surface area (Å²) in [5.41, 5.74) is 2.17. The molecule has 0 atom stereocenters. The fraction of sp³-hybridized carbons (Fsp3) is 0.353. The average molecular weight is 299 g/mol. The molecule has 1 amide bonds. The molecule has 0 bridgehead atoms. The molecular formula is C17H21N3O2. The molecule has 0 aliphatic heterocycles. The second-order valence-corrected chi connectivity index (χ2v) is 5.80. The van der Waals surface area contributed by atoms with Gasteiger partial charge in [0, 0.05) is 12.6 Å². The summed E-state index contributed by atoms with van der Waals surface area (Å²) < 4.78 is 1.31. The Hall–Kier alpha value is -2.43. The number of aromatic nitrogens is 2. The molecule has 0 saturated heterocycles. The lowest BCUT2D eigenvalue weighted by Crippen LogP contribution is -2.31. The van der Waals surface area contributed by atoms with E-state index in [4.69, 9.17) is 0 Å². The summed E-state index contributed by atoms with van der Waals surface area (Å²) in [5.74, 6) is 0.105. The van der Waals surface area contributed by atoms with E-state index in [9.17, 15) is 9.59 Å². The molecule has 116 valence electrons. The van der Waals surface area contributed by atoms with Crippen molar-refractivity contribution in [2.45, 2.75) is 27.3 Å². The second-order valence-electron chi connectivity index (χ2n) is 5.80. The number of nitrogens with one attached hydrogen (secondary N) is 1. The molecule has 0 saturated carbocycles. The molecule has 0 radical (unpaired) electrons. The van der Waals surface area contributed by atoms with Crippen LogP contribution in [0.3, 0.4) is 0 Å². The van der Waals surface area contributed by atoms with Crippen LogP contribution in [0.5, 0.6) is 0 Å². The highest BCUT2D eigenvalue weighted by atomic mass is 16.2. The van der Waals surface area contributed by atoms with E-state index in [-0.39, 0.29) is 17.2 Å². The van der Waals surface area contributed by atoms with Gasteiger partial charge < -0.3 is 5.32 Å². The Bertz CT molecular complexity index is 703. The molecule has 1 N–H and O–H groups in total. The number of amides is 1. The van der Waals surface area contributed by atoms with Crippen molar-refractivity contribution in [2.24, 2.45) is 5.92 Å². The quantitative estimate of drug-likeness (QED) is 0.918. The Kier molecular flexibility index (Phi) is 5.09. The first-order chi connectivity index (χ1) is 10.5. The van der Waals surface area contributed by atoms with Gasteiger partial charge in [-0.2, -0.15) is 5.10 Å². The number of nitrogens with zero attached hydrogens (tertiary/aromatic N) is 2. The maximum absolute atomic E-state index is 12.0. The zero-order chi connectivity index (χ0) is 16.1. The van der Waals surface area contributed by atoms with Crippen molar-refractivity contribution in [3.63, 3.8) is 0 Å². The lowest BCUT2D eigenvalue weighted by Gasteiger charge is -2.09. The van der Waals surface area contributed by atoms with Crippen LogP contribution in [0, 0.1) is 12.8 Å². The lowest BCUT2D eigenvalue weighted by molar-refractivity contribution is 0.0941. The van der Waals surface area contributed by atoms with Crippen LogP contribution in [-0.2, 0) is 6.54 Å². The smallest absolute Gasteiger partial charge is 0.271 e. The molecule has 1 heterocycles. The molecular weight excluding hydrogens is 278 g/mol. The predicted molar refractivity (Wildman–Crippen MR) is 85.9 cm³/mol. The Balaban J connectivity index is 2.18. The molecule has 1 aromatic heterocycles. The summed E-state index contributed by atoms with van der Waals surface area (Å²) in [6.07, 6.45) is 0. The highest BCUT2D eigenvalue weighted by molar-refractivity contribution is 5.91. The third-order valence-electron chi connectivity index (χ3n) is 3.22. The monoisotopic (exact) mass is 299 g/mol. The standard InChI is InChI=1S/C17H21N3O2/c1-12(2)10-18-17(22)15-8-9-16(21)20(19-15)11-14-6-4-13(3)5-7-14/h4-9,12H,10-11H2,1-3H3,(H,18,22). The number of carbonyl (C=O) groups excluding carboxylic acids is 1. The van der Waals surface area contributed by atoms with Gasteiger partial charge in [-0.3, -0.25) is 9.59 Å². The van der Waals surface area contributed by atoms with Gasteiger partial charge in [-0.05, 0) is 24.5 Å².